The van der Waals surface area contributed by atoms with Crippen molar-refractivity contribution in [2.75, 3.05) is 13.2 Å². The molecule has 94 valence electrons. The van der Waals surface area contributed by atoms with E-state index in [2.05, 4.69) is 13.8 Å². The summed E-state index contributed by atoms with van der Waals surface area (Å²) in [6, 6.07) is 0. The summed E-state index contributed by atoms with van der Waals surface area (Å²) in [5.41, 5.74) is 0.367. The zero-order valence-corrected chi connectivity index (χ0v) is 10.5. The summed E-state index contributed by atoms with van der Waals surface area (Å²) in [4.78, 5) is 11.5. The van der Waals surface area contributed by atoms with Crippen LogP contribution in [-0.2, 0) is 19.0 Å². The molecule has 0 N–H and O–H groups in total. The van der Waals surface area contributed by atoms with Crippen molar-refractivity contribution in [3.05, 3.63) is 11.6 Å². The highest BCUT2D eigenvalue weighted by molar-refractivity contribution is 5.87. The van der Waals surface area contributed by atoms with Crippen LogP contribution in [0.2, 0.25) is 0 Å². The molecule has 1 saturated carbocycles. The average Bonchev–Trinajstić information content (AvgIpc) is 2.70. The van der Waals surface area contributed by atoms with Crippen LogP contribution in [-0.4, -0.2) is 30.6 Å². The summed E-state index contributed by atoms with van der Waals surface area (Å²) in [5.74, 6) is -0.814. The van der Waals surface area contributed by atoms with Crippen molar-refractivity contribution in [3.63, 3.8) is 0 Å². The minimum atomic E-state index is -0.569. The van der Waals surface area contributed by atoms with Crippen molar-refractivity contribution in [3.8, 4) is 0 Å². The SMILES string of the molecule is CC1(C)CC2(CC3(C)OC(=O)C=C13)OCCO2. The molecule has 0 amide bonds. The summed E-state index contributed by atoms with van der Waals surface area (Å²) in [5, 5.41) is 0. The van der Waals surface area contributed by atoms with Gasteiger partial charge < -0.3 is 14.2 Å². The Morgan fingerprint density at radius 1 is 1.12 bits per heavy atom. The molecule has 0 radical (unpaired) electrons. The molecule has 0 aromatic heterocycles. The summed E-state index contributed by atoms with van der Waals surface area (Å²) >= 11 is 0. The Balaban J connectivity index is 2.02. The predicted octanol–water partition coefficient (Wildman–Crippen LogP) is 1.79. The Kier molecular flexibility index (Phi) is 2.06. The maximum Gasteiger partial charge on any atom is 0.331 e. The van der Waals surface area contributed by atoms with Crippen LogP contribution in [0.5, 0.6) is 0 Å². The monoisotopic (exact) mass is 238 g/mol. The highest BCUT2D eigenvalue weighted by Gasteiger charge is 2.59. The predicted molar refractivity (Wildman–Crippen MR) is 60.2 cm³/mol. The summed E-state index contributed by atoms with van der Waals surface area (Å²) in [6.45, 7) is 7.44. The fourth-order valence-electron chi connectivity index (χ4n) is 3.67. The van der Waals surface area contributed by atoms with E-state index < -0.39 is 11.4 Å². The molecule has 3 rings (SSSR count). The molecule has 17 heavy (non-hydrogen) atoms. The lowest BCUT2D eigenvalue weighted by molar-refractivity contribution is -0.222. The van der Waals surface area contributed by atoms with E-state index in [1.807, 2.05) is 6.92 Å². The molecule has 4 nitrogen and oxygen atoms in total. The minimum Gasteiger partial charge on any atom is -0.451 e. The van der Waals surface area contributed by atoms with Gasteiger partial charge in [0.25, 0.3) is 0 Å². The molecule has 1 aliphatic carbocycles. The lowest BCUT2D eigenvalue weighted by Gasteiger charge is -2.49. The molecule has 0 aromatic carbocycles. The van der Waals surface area contributed by atoms with Crippen molar-refractivity contribution in [1.29, 1.82) is 0 Å². The van der Waals surface area contributed by atoms with E-state index >= 15 is 0 Å². The molecular formula is C13H18O4. The third kappa shape index (κ3) is 1.54. The van der Waals surface area contributed by atoms with Gasteiger partial charge in [-0.2, -0.15) is 0 Å². The third-order valence-corrected chi connectivity index (χ3v) is 4.02. The second-order valence-corrected chi connectivity index (χ2v) is 6.06. The van der Waals surface area contributed by atoms with Gasteiger partial charge in [0.15, 0.2) is 5.79 Å². The van der Waals surface area contributed by atoms with E-state index in [4.69, 9.17) is 14.2 Å². The molecule has 2 heterocycles. The first-order valence-electron chi connectivity index (χ1n) is 6.09. The molecule has 2 fully saturated rings. The zero-order valence-electron chi connectivity index (χ0n) is 10.5. The average molecular weight is 238 g/mol. The van der Waals surface area contributed by atoms with Crippen molar-refractivity contribution in [1.82, 2.24) is 0 Å². The van der Waals surface area contributed by atoms with Gasteiger partial charge in [-0.25, -0.2) is 4.79 Å². The lowest BCUT2D eigenvalue weighted by Crippen LogP contribution is -2.52. The van der Waals surface area contributed by atoms with E-state index in [9.17, 15) is 4.79 Å². The van der Waals surface area contributed by atoms with Gasteiger partial charge >= 0.3 is 5.97 Å². The first-order valence-corrected chi connectivity index (χ1v) is 6.09. The lowest BCUT2D eigenvalue weighted by atomic mass is 9.64. The largest absolute Gasteiger partial charge is 0.451 e. The molecule has 1 spiro atoms. The van der Waals surface area contributed by atoms with Crippen molar-refractivity contribution in [2.24, 2.45) is 5.41 Å². The van der Waals surface area contributed by atoms with E-state index in [1.54, 1.807) is 6.08 Å². The van der Waals surface area contributed by atoms with Crippen LogP contribution in [0.1, 0.15) is 33.6 Å². The number of ether oxygens (including phenoxy) is 3. The Bertz CT molecular complexity index is 404. The van der Waals surface area contributed by atoms with Crippen LogP contribution in [0.15, 0.2) is 11.6 Å². The van der Waals surface area contributed by atoms with E-state index in [0.29, 0.717) is 19.6 Å². The molecule has 4 heteroatoms. The maximum atomic E-state index is 11.5. The zero-order chi connectivity index (χ0) is 12.3. The van der Waals surface area contributed by atoms with Crippen molar-refractivity contribution >= 4 is 5.97 Å². The molecule has 1 unspecified atom stereocenters. The van der Waals surface area contributed by atoms with Crippen LogP contribution in [0.25, 0.3) is 0 Å². The second kappa shape index (κ2) is 3.12. The number of esters is 1. The smallest absolute Gasteiger partial charge is 0.331 e. The van der Waals surface area contributed by atoms with Crippen LogP contribution < -0.4 is 0 Å². The van der Waals surface area contributed by atoms with Gasteiger partial charge in [-0.1, -0.05) is 13.8 Å². The Hall–Kier alpha value is -0.870. The van der Waals surface area contributed by atoms with Crippen LogP contribution in [0, 0.1) is 5.41 Å². The van der Waals surface area contributed by atoms with Gasteiger partial charge in [0.05, 0.1) is 13.2 Å². The number of carbonyl (C=O) groups is 1. The maximum absolute atomic E-state index is 11.5. The Labute approximate surface area is 101 Å². The van der Waals surface area contributed by atoms with Crippen molar-refractivity contribution in [2.45, 2.75) is 45.0 Å². The molecule has 3 aliphatic rings. The fraction of sp³-hybridized carbons (Fsp3) is 0.769. The van der Waals surface area contributed by atoms with E-state index in [0.717, 1.165) is 12.0 Å². The number of hydrogen-bond donors (Lipinski definition) is 0. The molecular weight excluding hydrogens is 220 g/mol. The third-order valence-electron chi connectivity index (χ3n) is 4.02. The molecule has 0 aromatic rings. The van der Waals surface area contributed by atoms with Crippen LogP contribution >= 0.6 is 0 Å². The fourth-order valence-corrected chi connectivity index (χ4v) is 3.67. The minimum absolute atomic E-state index is 0.135. The second-order valence-electron chi connectivity index (χ2n) is 6.06. The quantitative estimate of drug-likeness (QED) is 0.603. The van der Waals surface area contributed by atoms with Crippen LogP contribution in [0.3, 0.4) is 0 Å². The van der Waals surface area contributed by atoms with Gasteiger partial charge in [0.2, 0.25) is 0 Å². The van der Waals surface area contributed by atoms with E-state index in [1.165, 1.54) is 0 Å². The standard InChI is InChI=1S/C13H18O4/c1-11(2)7-13(15-4-5-16-13)8-12(3)9(11)6-10(14)17-12/h6H,4-5,7-8H2,1-3H3. The summed E-state index contributed by atoms with van der Waals surface area (Å²) in [7, 11) is 0. The van der Waals surface area contributed by atoms with Gasteiger partial charge in [-0.3, -0.25) is 0 Å². The van der Waals surface area contributed by atoms with Gasteiger partial charge in [0, 0.05) is 18.9 Å². The number of fused-ring (bicyclic) bond motifs is 1. The van der Waals surface area contributed by atoms with E-state index in [-0.39, 0.29) is 11.4 Å². The highest BCUT2D eigenvalue weighted by Crippen LogP contribution is 2.55. The molecule has 1 saturated heterocycles. The topological polar surface area (TPSA) is 44.8 Å². The summed E-state index contributed by atoms with van der Waals surface area (Å²) < 4.78 is 17.1. The molecule has 0 bridgehead atoms. The highest BCUT2D eigenvalue weighted by atomic mass is 16.7. The Morgan fingerprint density at radius 2 is 1.76 bits per heavy atom. The molecule has 1 atom stereocenters. The van der Waals surface area contributed by atoms with Crippen LogP contribution in [0.4, 0.5) is 0 Å². The number of rotatable bonds is 0. The first kappa shape index (κ1) is 11.2. The van der Waals surface area contributed by atoms with Gasteiger partial charge in [-0.15, -0.1) is 0 Å². The molecule has 2 aliphatic heterocycles. The number of carbonyl (C=O) groups excluding carboxylic acids is 1. The summed E-state index contributed by atoms with van der Waals surface area (Å²) in [6.07, 6.45) is 3.01. The normalized spacial score (nSPS) is 37.8. The number of hydrogen-bond acceptors (Lipinski definition) is 4. The Morgan fingerprint density at radius 3 is 2.41 bits per heavy atom. The van der Waals surface area contributed by atoms with Crippen molar-refractivity contribution < 1.29 is 19.0 Å². The van der Waals surface area contributed by atoms with Gasteiger partial charge in [0.1, 0.15) is 5.60 Å². The first-order chi connectivity index (χ1) is 7.85. The van der Waals surface area contributed by atoms with Gasteiger partial charge in [-0.05, 0) is 17.9 Å².